The third-order valence-electron chi connectivity index (χ3n) is 2.47. The lowest BCUT2D eigenvalue weighted by Crippen LogP contribution is -2.40. The van der Waals surface area contributed by atoms with Crippen LogP contribution in [-0.2, 0) is 9.59 Å². The summed E-state index contributed by atoms with van der Waals surface area (Å²) in [4.78, 5) is 22.0. The zero-order valence-corrected chi connectivity index (χ0v) is 9.96. The highest BCUT2D eigenvalue weighted by atomic mass is 16.4. The number of nitrogens with two attached hydrogens (primary N) is 1. The number of aryl methyl sites for hydroxylation is 1. The van der Waals surface area contributed by atoms with Crippen LogP contribution in [0.25, 0.3) is 0 Å². The Hall–Kier alpha value is -1.92. The van der Waals surface area contributed by atoms with Gasteiger partial charge in [0.1, 0.15) is 6.04 Å². The van der Waals surface area contributed by atoms with Gasteiger partial charge in [-0.1, -0.05) is 29.8 Å². The van der Waals surface area contributed by atoms with Gasteiger partial charge in [-0.3, -0.25) is 4.79 Å². The molecule has 98 valence electrons. The van der Waals surface area contributed by atoms with Gasteiger partial charge in [0.25, 0.3) is 0 Å². The van der Waals surface area contributed by atoms with E-state index in [9.17, 15) is 9.59 Å². The van der Waals surface area contributed by atoms with Crippen molar-refractivity contribution in [2.75, 3.05) is 6.54 Å². The van der Waals surface area contributed by atoms with E-state index in [0.717, 1.165) is 5.56 Å². The number of carboxylic acids is 1. The van der Waals surface area contributed by atoms with Gasteiger partial charge in [-0.05, 0) is 12.5 Å². The van der Waals surface area contributed by atoms with Gasteiger partial charge in [0.05, 0.1) is 6.54 Å². The van der Waals surface area contributed by atoms with Gasteiger partial charge in [-0.15, -0.1) is 0 Å². The number of rotatable bonds is 5. The lowest BCUT2D eigenvalue weighted by molar-refractivity contribution is -0.146. The molecule has 0 spiro atoms. The van der Waals surface area contributed by atoms with Crippen molar-refractivity contribution in [2.24, 2.45) is 5.73 Å². The summed E-state index contributed by atoms with van der Waals surface area (Å²) in [7, 11) is 0. The largest absolute Gasteiger partial charge is 0.479 e. The molecule has 0 aliphatic carbocycles. The van der Waals surface area contributed by atoms with Crippen molar-refractivity contribution in [2.45, 2.75) is 19.1 Å². The third-order valence-corrected chi connectivity index (χ3v) is 2.47. The number of carboxylic acid groups (broad SMARTS) is 1. The first-order valence-corrected chi connectivity index (χ1v) is 5.42. The van der Waals surface area contributed by atoms with Gasteiger partial charge in [0.15, 0.2) is 6.10 Å². The van der Waals surface area contributed by atoms with Gasteiger partial charge in [-0.25, -0.2) is 4.79 Å². The number of benzene rings is 1. The number of hydrogen-bond acceptors (Lipinski definition) is 4. The van der Waals surface area contributed by atoms with Crippen LogP contribution in [-0.4, -0.2) is 34.7 Å². The Morgan fingerprint density at radius 3 is 2.39 bits per heavy atom. The van der Waals surface area contributed by atoms with Crippen LogP contribution in [0.4, 0.5) is 0 Å². The van der Waals surface area contributed by atoms with Gasteiger partial charge >= 0.3 is 5.97 Å². The van der Waals surface area contributed by atoms with Crippen molar-refractivity contribution in [1.82, 2.24) is 5.32 Å². The van der Waals surface area contributed by atoms with Crippen molar-refractivity contribution < 1.29 is 19.8 Å². The molecule has 0 aliphatic rings. The highest BCUT2D eigenvalue weighted by Crippen LogP contribution is 2.11. The second-order valence-corrected chi connectivity index (χ2v) is 3.99. The van der Waals surface area contributed by atoms with E-state index in [-0.39, 0.29) is 6.54 Å². The highest BCUT2D eigenvalue weighted by molar-refractivity contribution is 5.83. The molecule has 6 heteroatoms. The maximum atomic E-state index is 11.6. The molecule has 2 atom stereocenters. The SMILES string of the molecule is Cc1ccc(C(N)C(=O)NC[C@H](O)C(=O)O)cc1. The van der Waals surface area contributed by atoms with Crippen LogP contribution in [0.15, 0.2) is 24.3 Å². The first-order valence-electron chi connectivity index (χ1n) is 5.42. The topological polar surface area (TPSA) is 113 Å². The predicted octanol–water partition coefficient (Wildman–Crippen LogP) is -0.443. The fourth-order valence-corrected chi connectivity index (χ4v) is 1.32. The molecule has 1 rings (SSSR count). The van der Waals surface area contributed by atoms with Crippen LogP contribution in [0.1, 0.15) is 17.2 Å². The van der Waals surface area contributed by atoms with E-state index in [2.05, 4.69) is 5.32 Å². The fourth-order valence-electron chi connectivity index (χ4n) is 1.32. The van der Waals surface area contributed by atoms with Crippen LogP contribution < -0.4 is 11.1 Å². The number of hydrogen-bond donors (Lipinski definition) is 4. The Morgan fingerprint density at radius 1 is 1.33 bits per heavy atom. The summed E-state index contributed by atoms with van der Waals surface area (Å²) in [6.45, 7) is 1.55. The second-order valence-electron chi connectivity index (χ2n) is 3.99. The van der Waals surface area contributed by atoms with E-state index in [4.69, 9.17) is 15.9 Å². The van der Waals surface area contributed by atoms with Gasteiger partial charge < -0.3 is 21.3 Å². The first kappa shape index (κ1) is 14.1. The Bertz CT molecular complexity index is 430. The van der Waals surface area contributed by atoms with E-state index < -0.39 is 24.0 Å². The zero-order chi connectivity index (χ0) is 13.7. The lowest BCUT2D eigenvalue weighted by atomic mass is 10.1. The minimum atomic E-state index is -1.63. The van der Waals surface area contributed by atoms with Crippen molar-refractivity contribution in [3.05, 3.63) is 35.4 Å². The molecule has 0 bridgehead atoms. The third kappa shape index (κ3) is 3.83. The van der Waals surface area contributed by atoms with E-state index in [1.165, 1.54) is 0 Å². The minimum absolute atomic E-state index is 0.367. The predicted molar refractivity (Wildman–Crippen MR) is 64.8 cm³/mol. The Morgan fingerprint density at radius 2 is 1.89 bits per heavy atom. The van der Waals surface area contributed by atoms with Crippen LogP contribution >= 0.6 is 0 Å². The van der Waals surface area contributed by atoms with Crippen molar-refractivity contribution in [3.63, 3.8) is 0 Å². The molecular formula is C12H16N2O4. The first-order chi connectivity index (χ1) is 8.41. The van der Waals surface area contributed by atoms with E-state index in [1.54, 1.807) is 12.1 Å². The number of aliphatic carboxylic acids is 1. The second kappa shape index (κ2) is 6.13. The summed E-state index contributed by atoms with van der Waals surface area (Å²) in [5, 5.41) is 19.7. The van der Waals surface area contributed by atoms with Gasteiger partial charge in [0.2, 0.25) is 5.91 Å². The molecule has 0 saturated heterocycles. The molecule has 0 aliphatic heterocycles. The summed E-state index contributed by atoms with van der Waals surface area (Å²) in [5.41, 5.74) is 7.39. The summed E-state index contributed by atoms with van der Waals surface area (Å²) in [6, 6.07) is 6.23. The molecule has 1 unspecified atom stereocenters. The fraction of sp³-hybridized carbons (Fsp3) is 0.333. The van der Waals surface area contributed by atoms with E-state index >= 15 is 0 Å². The standard InChI is InChI=1S/C12H16N2O4/c1-7-2-4-8(5-3-7)10(13)11(16)14-6-9(15)12(17)18/h2-5,9-10,15H,6,13H2,1H3,(H,14,16)(H,17,18)/t9-,10?/m0/s1. The molecule has 1 aromatic rings. The van der Waals surface area contributed by atoms with Crippen LogP contribution in [0, 0.1) is 6.92 Å². The average Bonchev–Trinajstić information content (AvgIpc) is 2.35. The summed E-state index contributed by atoms with van der Waals surface area (Å²) < 4.78 is 0. The average molecular weight is 252 g/mol. The number of aliphatic hydroxyl groups excluding tert-OH is 1. The molecular weight excluding hydrogens is 236 g/mol. The van der Waals surface area contributed by atoms with Gasteiger partial charge in [0, 0.05) is 0 Å². The molecule has 0 radical (unpaired) electrons. The summed E-state index contributed by atoms with van der Waals surface area (Å²) >= 11 is 0. The van der Waals surface area contributed by atoms with Crippen molar-refractivity contribution >= 4 is 11.9 Å². The van der Waals surface area contributed by atoms with Gasteiger partial charge in [-0.2, -0.15) is 0 Å². The summed E-state index contributed by atoms with van der Waals surface area (Å²) in [5.74, 6) is -1.92. The minimum Gasteiger partial charge on any atom is -0.479 e. The zero-order valence-electron chi connectivity index (χ0n) is 9.96. The van der Waals surface area contributed by atoms with Crippen molar-refractivity contribution in [3.8, 4) is 0 Å². The molecule has 1 aromatic carbocycles. The number of carbonyl (C=O) groups is 2. The Kier molecular flexibility index (Phi) is 4.82. The highest BCUT2D eigenvalue weighted by Gasteiger charge is 2.19. The van der Waals surface area contributed by atoms with Crippen molar-refractivity contribution in [1.29, 1.82) is 0 Å². The molecule has 18 heavy (non-hydrogen) atoms. The number of carbonyl (C=O) groups excluding carboxylic acids is 1. The maximum Gasteiger partial charge on any atom is 0.334 e. The maximum absolute atomic E-state index is 11.6. The normalized spacial score (nSPS) is 13.7. The van der Waals surface area contributed by atoms with Crippen LogP contribution in [0.2, 0.25) is 0 Å². The molecule has 5 N–H and O–H groups in total. The van der Waals surface area contributed by atoms with E-state index in [0.29, 0.717) is 5.56 Å². The molecule has 1 amide bonds. The number of amides is 1. The lowest BCUT2D eigenvalue weighted by Gasteiger charge is -2.13. The molecule has 0 aromatic heterocycles. The quantitative estimate of drug-likeness (QED) is 0.567. The molecule has 0 heterocycles. The van der Waals surface area contributed by atoms with E-state index in [1.807, 2.05) is 19.1 Å². The molecule has 6 nitrogen and oxygen atoms in total. The number of nitrogens with one attached hydrogen (secondary N) is 1. The summed E-state index contributed by atoms with van der Waals surface area (Å²) in [6.07, 6.45) is -1.63. The monoisotopic (exact) mass is 252 g/mol. The Labute approximate surface area is 104 Å². The molecule has 0 saturated carbocycles. The number of aliphatic hydroxyl groups is 1. The Balaban J connectivity index is 2.56. The smallest absolute Gasteiger partial charge is 0.334 e. The van der Waals surface area contributed by atoms with Crippen LogP contribution in [0.3, 0.4) is 0 Å². The molecule has 0 fully saturated rings. The van der Waals surface area contributed by atoms with Crippen LogP contribution in [0.5, 0.6) is 0 Å².